The van der Waals surface area contributed by atoms with Gasteiger partial charge in [-0.3, -0.25) is 4.79 Å². The maximum absolute atomic E-state index is 12.9. The van der Waals surface area contributed by atoms with Gasteiger partial charge in [-0.2, -0.15) is 8.78 Å². The maximum atomic E-state index is 12.9. The standard InChI is InChI=1S/C21H27ClF2N4O2/c1-4-5-15(9-16(25-3)13-6-7-13)26-20(29)12(2)17-11-28-10-14(22)8-18(19(28)27-17)30-21(23)24/h8-13,15,21,25H,4-7H2,1-3H3,(H,26,29)/b16-9-. The van der Waals surface area contributed by atoms with Crippen molar-refractivity contribution >= 4 is 23.2 Å². The fourth-order valence-corrected chi connectivity index (χ4v) is 3.63. The number of carbonyl (C=O) groups excluding carboxylic acids is 1. The lowest BCUT2D eigenvalue weighted by molar-refractivity contribution is -0.122. The normalized spacial score (nSPS) is 16.6. The molecule has 2 aromatic heterocycles. The van der Waals surface area contributed by atoms with Crippen LogP contribution in [0.25, 0.3) is 5.65 Å². The molecule has 0 spiro atoms. The fraction of sp³-hybridized carbons (Fsp3) is 0.524. The number of fused-ring (bicyclic) bond motifs is 1. The maximum Gasteiger partial charge on any atom is 0.387 e. The van der Waals surface area contributed by atoms with Gasteiger partial charge < -0.3 is 19.8 Å². The van der Waals surface area contributed by atoms with E-state index in [4.69, 9.17) is 11.6 Å². The van der Waals surface area contributed by atoms with Gasteiger partial charge in [-0.15, -0.1) is 0 Å². The van der Waals surface area contributed by atoms with Gasteiger partial charge in [0.2, 0.25) is 5.91 Å². The summed E-state index contributed by atoms with van der Waals surface area (Å²) in [5, 5.41) is 6.55. The molecule has 1 aliphatic carbocycles. The van der Waals surface area contributed by atoms with Crippen LogP contribution in [0.15, 0.2) is 30.2 Å². The molecule has 0 saturated heterocycles. The number of pyridine rings is 1. The lowest BCUT2D eigenvalue weighted by atomic mass is 10.0. The third-order valence-electron chi connectivity index (χ3n) is 5.17. The van der Waals surface area contributed by atoms with E-state index in [1.807, 2.05) is 7.05 Å². The van der Waals surface area contributed by atoms with E-state index in [2.05, 4.69) is 33.4 Å². The van der Waals surface area contributed by atoms with Crippen LogP contribution >= 0.6 is 11.6 Å². The van der Waals surface area contributed by atoms with Crippen LogP contribution in [-0.2, 0) is 4.79 Å². The third kappa shape index (κ3) is 5.41. The minimum atomic E-state index is -3.00. The number of halogens is 3. The van der Waals surface area contributed by atoms with Crippen molar-refractivity contribution in [2.45, 2.75) is 58.1 Å². The molecule has 1 aliphatic rings. The van der Waals surface area contributed by atoms with Crippen molar-refractivity contribution < 1.29 is 18.3 Å². The number of allylic oxidation sites excluding steroid dienone is 1. The number of nitrogens with zero attached hydrogens (tertiary/aromatic N) is 2. The molecule has 2 aromatic rings. The van der Waals surface area contributed by atoms with Gasteiger partial charge in [0.05, 0.1) is 16.6 Å². The van der Waals surface area contributed by atoms with Gasteiger partial charge in [-0.1, -0.05) is 24.9 Å². The summed E-state index contributed by atoms with van der Waals surface area (Å²) in [6, 6.07) is 1.20. The highest BCUT2D eigenvalue weighted by Crippen LogP contribution is 2.35. The van der Waals surface area contributed by atoms with E-state index < -0.39 is 12.5 Å². The second-order valence-electron chi connectivity index (χ2n) is 7.57. The molecule has 6 nitrogen and oxygen atoms in total. The number of hydrogen-bond acceptors (Lipinski definition) is 4. The first-order valence-corrected chi connectivity index (χ1v) is 10.5. The SMILES string of the molecule is CCCC(/C=C(\NC)C1CC1)NC(=O)C(C)c1cn2cc(Cl)cc(OC(F)F)c2n1. The van der Waals surface area contributed by atoms with Crippen LogP contribution in [0.2, 0.25) is 5.02 Å². The molecule has 0 radical (unpaired) electrons. The van der Waals surface area contributed by atoms with Gasteiger partial charge in [0.15, 0.2) is 11.4 Å². The molecule has 30 heavy (non-hydrogen) atoms. The molecule has 9 heteroatoms. The average Bonchev–Trinajstić information content (AvgIpc) is 3.43. The second kappa shape index (κ2) is 9.64. The van der Waals surface area contributed by atoms with Crippen molar-refractivity contribution in [1.29, 1.82) is 0 Å². The zero-order valence-electron chi connectivity index (χ0n) is 17.3. The molecule has 2 atom stereocenters. The molecule has 164 valence electrons. The molecule has 2 heterocycles. The van der Waals surface area contributed by atoms with Gasteiger partial charge >= 0.3 is 6.61 Å². The highest BCUT2D eigenvalue weighted by atomic mass is 35.5. The molecule has 0 bridgehead atoms. The van der Waals surface area contributed by atoms with Gasteiger partial charge in [0.1, 0.15) is 0 Å². The number of hydrogen-bond donors (Lipinski definition) is 2. The van der Waals surface area contributed by atoms with Crippen molar-refractivity contribution in [2.24, 2.45) is 5.92 Å². The fourth-order valence-electron chi connectivity index (χ4n) is 3.43. The van der Waals surface area contributed by atoms with E-state index in [-0.39, 0.29) is 28.4 Å². The van der Waals surface area contributed by atoms with Crippen LogP contribution in [0.4, 0.5) is 8.78 Å². The van der Waals surface area contributed by atoms with Crippen molar-refractivity contribution in [1.82, 2.24) is 20.0 Å². The predicted molar refractivity (Wildman–Crippen MR) is 112 cm³/mol. The summed E-state index contributed by atoms with van der Waals surface area (Å²) < 4.78 is 31.4. The lowest BCUT2D eigenvalue weighted by Crippen LogP contribution is -2.37. The highest BCUT2D eigenvalue weighted by Gasteiger charge is 2.27. The Kier molecular flexibility index (Phi) is 7.18. The van der Waals surface area contributed by atoms with Crippen LogP contribution in [0.3, 0.4) is 0 Å². The van der Waals surface area contributed by atoms with E-state index in [9.17, 15) is 13.6 Å². The van der Waals surface area contributed by atoms with Crippen LogP contribution in [0.1, 0.15) is 51.1 Å². The molecule has 0 aliphatic heterocycles. The van der Waals surface area contributed by atoms with E-state index in [1.165, 1.54) is 29.5 Å². The molecule has 1 saturated carbocycles. The predicted octanol–water partition coefficient (Wildman–Crippen LogP) is 4.49. The summed E-state index contributed by atoms with van der Waals surface area (Å²) in [5.74, 6) is -0.331. The Hall–Kier alpha value is -2.35. The minimum Gasteiger partial charge on any atom is -0.431 e. The van der Waals surface area contributed by atoms with E-state index in [1.54, 1.807) is 13.1 Å². The summed E-state index contributed by atoms with van der Waals surface area (Å²) in [6.45, 7) is 0.810. The van der Waals surface area contributed by atoms with Crippen LogP contribution in [-0.4, -0.2) is 35.0 Å². The summed E-state index contributed by atoms with van der Waals surface area (Å²) >= 11 is 5.99. The average molecular weight is 441 g/mol. The second-order valence-corrected chi connectivity index (χ2v) is 8.01. The molecule has 2 unspecified atom stereocenters. The molecule has 0 aromatic carbocycles. The number of carbonyl (C=O) groups is 1. The van der Waals surface area contributed by atoms with Crippen molar-refractivity contribution in [3.63, 3.8) is 0 Å². The molecular formula is C21H27ClF2N4O2. The number of imidazole rings is 1. The third-order valence-corrected chi connectivity index (χ3v) is 5.38. The largest absolute Gasteiger partial charge is 0.431 e. The van der Waals surface area contributed by atoms with Crippen molar-refractivity contribution in [3.05, 3.63) is 40.9 Å². The highest BCUT2D eigenvalue weighted by molar-refractivity contribution is 6.30. The number of rotatable bonds is 10. The first-order chi connectivity index (χ1) is 14.3. The Labute approximate surface area is 179 Å². The molecule has 1 amide bonds. The first-order valence-electron chi connectivity index (χ1n) is 10.1. The summed E-state index contributed by atoms with van der Waals surface area (Å²) in [7, 11) is 1.90. The number of alkyl halides is 2. The van der Waals surface area contributed by atoms with Gasteiger partial charge in [-0.25, -0.2) is 4.98 Å². The number of aromatic nitrogens is 2. The Bertz CT molecular complexity index is 927. The van der Waals surface area contributed by atoms with E-state index in [0.29, 0.717) is 11.6 Å². The van der Waals surface area contributed by atoms with Crippen molar-refractivity contribution in [2.75, 3.05) is 7.05 Å². The van der Waals surface area contributed by atoms with Crippen molar-refractivity contribution in [3.8, 4) is 5.75 Å². The smallest absolute Gasteiger partial charge is 0.387 e. The number of nitrogens with one attached hydrogen (secondary N) is 2. The summed E-state index contributed by atoms with van der Waals surface area (Å²) in [6.07, 6.45) is 9.34. The Morgan fingerprint density at radius 1 is 1.43 bits per heavy atom. The molecular weight excluding hydrogens is 414 g/mol. The number of ether oxygens (including phenoxy) is 1. The van der Waals surface area contributed by atoms with E-state index >= 15 is 0 Å². The molecule has 2 N–H and O–H groups in total. The van der Waals surface area contributed by atoms with Crippen LogP contribution in [0.5, 0.6) is 5.75 Å². The number of amides is 1. The molecule has 1 fully saturated rings. The Morgan fingerprint density at radius 2 is 2.17 bits per heavy atom. The Balaban J connectivity index is 1.79. The zero-order valence-corrected chi connectivity index (χ0v) is 18.0. The van der Waals surface area contributed by atoms with Gasteiger partial charge in [0, 0.05) is 37.2 Å². The van der Waals surface area contributed by atoms with E-state index in [0.717, 1.165) is 18.5 Å². The van der Waals surface area contributed by atoms with Gasteiger partial charge in [-0.05, 0) is 38.2 Å². The monoisotopic (exact) mass is 440 g/mol. The first kappa shape index (κ1) is 22.3. The Morgan fingerprint density at radius 3 is 2.77 bits per heavy atom. The lowest BCUT2D eigenvalue weighted by Gasteiger charge is -2.19. The van der Waals surface area contributed by atoms with Crippen LogP contribution < -0.4 is 15.4 Å². The zero-order chi connectivity index (χ0) is 21.8. The topological polar surface area (TPSA) is 67.7 Å². The summed E-state index contributed by atoms with van der Waals surface area (Å²) in [4.78, 5) is 17.3. The molecule has 3 rings (SSSR count). The van der Waals surface area contributed by atoms with Crippen LogP contribution in [0, 0.1) is 5.92 Å². The quantitative estimate of drug-likeness (QED) is 0.571. The van der Waals surface area contributed by atoms with Gasteiger partial charge in [0.25, 0.3) is 0 Å². The summed E-state index contributed by atoms with van der Waals surface area (Å²) in [5.41, 5.74) is 1.80. The minimum absolute atomic E-state index is 0.0859.